The number of anilines is 2. The molecule has 0 saturated heterocycles. The molecule has 1 heterocycles. The fraction of sp³-hybridized carbons (Fsp3) is 0.556. The van der Waals surface area contributed by atoms with Crippen LogP contribution in [0.4, 0.5) is 11.8 Å². The Kier molecular flexibility index (Phi) is 5.13. The Bertz CT molecular complexity index is 371. The quantitative estimate of drug-likeness (QED) is 0.377. The van der Waals surface area contributed by atoms with Crippen molar-refractivity contribution < 1.29 is 4.21 Å². The molecule has 0 saturated carbocycles. The number of hydrazine groups is 1. The molecule has 1 rings (SSSR count). The maximum Gasteiger partial charge on any atom is 0.239 e. The lowest BCUT2D eigenvalue weighted by atomic mass is 10.4. The number of hydrogen-bond acceptors (Lipinski definition) is 6. The van der Waals surface area contributed by atoms with Crippen LogP contribution in [0.1, 0.15) is 12.1 Å². The topological polar surface area (TPSA) is 92.9 Å². The minimum atomic E-state index is -0.739. The Hall–Kier alpha value is -1.21. The van der Waals surface area contributed by atoms with Gasteiger partial charge >= 0.3 is 0 Å². The summed E-state index contributed by atoms with van der Waals surface area (Å²) in [6.07, 6.45) is 2.54. The molecule has 7 heteroatoms. The Morgan fingerprint density at radius 3 is 2.88 bits per heavy atom. The van der Waals surface area contributed by atoms with Gasteiger partial charge in [0.05, 0.1) is 0 Å². The van der Waals surface area contributed by atoms with Crippen LogP contribution in [-0.4, -0.2) is 32.7 Å². The number of hydrogen-bond donors (Lipinski definition) is 3. The second-order valence-electron chi connectivity index (χ2n) is 3.42. The van der Waals surface area contributed by atoms with E-state index in [1.165, 1.54) is 0 Å². The van der Waals surface area contributed by atoms with Crippen LogP contribution in [0, 0.1) is 6.92 Å². The molecule has 16 heavy (non-hydrogen) atoms. The van der Waals surface area contributed by atoms with Crippen LogP contribution in [0.25, 0.3) is 0 Å². The summed E-state index contributed by atoms with van der Waals surface area (Å²) in [5.74, 6) is 7.05. The van der Waals surface area contributed by atoms with Crippen molar-refractivity contribution in [3.8, 4) is 0 Å². The van der Waals surface area contributed by atoms with Crippen molar-refractivity contribution in [3.63, 3.8) is 0 Å². The molecule has 6 nitrogen and oxygen atoms in total. The minimum absolute atomic E-state index is 0.390. The Balaban J connectivity index is 2.47. The van der Waals surface area contributed by atoms with Gasteiger partial charge in [-0.3, -0.25) is 9.63 Å². The monoisotopic (exact) mass is 243 g/mol. The van der Waals surface area contributed by atoms with Gasteiger partial charge in [-0.25, -0.2) is 10.8 Å². The van der Waals surface area contributed by atoms with E-state index in [1.807, 2.05) is 13.0 Å². The highest BCUT2D eigenvalue weighted by atomic mass is 32.2. The Labute approximate surface area is 97.5 Å². The fourth-order valence-corrected chi connectivity index (χ4v) is 1.77. The first kappa shape index (κ1) is 12.9. The van der Waals surface area contributed by atoms with Crippen molar-refractivity contribution in [2.24, 2.45) is 5.84 Å². The maximum absolute atomic E-state index is 10.8. The third kappa shape index (κ3) is 4.54. The van der Waals surface area contributed by atoms with Gasteiger partial charge in [-0.2, -0.15) is 4.98 Å². The molecule has 1 unspecified atom stereocenters. The lowest BCUT2D eigenvalue weighted by Gasteiger charge is -2.07. The highest BCUT2D eigenvalue weighted by molar-refractivity contribution is 7.84. The largest absolute Gasteiger partial charge is 0.370 e. The highest BCUT2D eigenvalue weighted by Crippen LogP contribution is 2.08. The van der Waals surface area contributed by atoms with Crippen LogP contribution in [0.15, 0.2) is 6.07 Å². The summed E-state index contributed by atoms with van der Waals surface area (Å²) < 4.78 is 10.8. The zero-order valence-corrected chi connectivity index (χ0v) is 10.3. The summed E-state index contributed by atoms with van der Waals surface area (Å²) in [6.45, 7) is 2.61. The van der Waals surface area contributed by atoms with E-state index in [0.29, 0.717) is 11.7 Å². The molecular formula is C9H17N5OS. The van der Waals surface area contributed by atoms with E-state index >= 15 is 0 Å². The molecule has 4 N–H and O–H groups in total. The summed E-state index contributed by atoms with van der Waals surface area (Å²) in [7, 11) is -0.739. The van der Waals surface area contributed by atoms with E-state index in [-0.39, 0.29) is 0 Å². The predicted molar refractivity (Wildman–Crippen MR) is 66.6 cm³/mol. The molecule has 0 aliphatic rings. The number of aryl methyl sites for hydroxylation is 1. The van der Waals surface area contributed by atoms with Crippen molar-refractivity contribution in [2.45, 2.75) is 13.3 Å². The number of aromatic nitrogens is 2. The molecule has 0 spiro atoms. The summed E-state index contributed by atoms with van der Waals surface area (Å²) in [5.41, 5.74) is 3.24. The second-order valence-corrected chi connectivity index (χ2v) is 4.97. The molecule has 0 fully saturated rings. The van der Waals surface area contributed by atoms with Crippen molar-refractivity contribution in [1.82, 2.24) is 9.97 Å². The Morgan fingerprint density at radius 2 is 2.25 bits per heavy atom. The van der Waals surface area contributed by atoms with Gasteiger partial charge in [-0.1, -0.05) is 0 Å². The van der Waals surface area contributed by atoms with Gasteiger partial charge in [0.25, 0.3) is 0 Å². The highest BCUT2D eigenvalue weighted by Gasteiger charge is 2.00. The smallest absolute Gasteiger partial charge is 0.239 e. The second kappa shape index (κ2) is 6.39. The molecule has 0 aliphatic carbocycles. The van der Waals surface area contributed by atoms with Crippen molar-refractivity contribution in [2.75, 3.05) is 29.3 Å². The van der Waals surface area contributed by atoms with Crippen molar-refractivity contribution >= 4 is 22.6 Å². The average Bonchev–Trinajstić information content (AvgIpc) is 2.23. The normalized spacial score (nSPS) is 12.2. The number of rotatable bonds is 6. The maximum atomic E-state index is 10.8. The molecule has 0 amide bonds. The van der Waals surface area contributed by atoms with Crippen LogP contribution in [0.3, 0.4) is 0 Å². The SMILES string of the molecule is Cc1cc(NCCCS(C)=O)nc(NN)n1. The number of nitrogens with zero attached hydrogens (tertiary/aromatic N) is 2. The van der Waals surface area contributed by atoms with E-state index in [0.717, 1.165) is 24.5 Å². The van der Waals surface area contributed by atoms with Crippen LogP contribution >= 0.6 is 0 Å². The zero-order valence-electron chi connectivity index (χ0n) is 9.49. The molecule has 0 radical (unpaired) electrons. The van der Waals surface area contributed by atoms with Crippen LogP contribution < -0.4 is 16.6 Å². The summed E-state index contributed by atoms with van der Waals surface area (Å²) in [4.78, 5) is 8.21. The van der Waals surface area contributed by atoms with Gasteiger partial charge < -0.3 is 5.32 Å². The molecule has 0 aromatic carbocycles. The van der Waals surface area contributed by atoms with Crippen LogP contribution in [0.2, 0.25) is 0 Å². The lowest BCUT2D eigenvalue weighted by Crippen LogP contribution is -2.13. The molecule has 0 bridgehead atoms. The first-order valence-corrected chi connectivity index (χ1v) is 6.70. The van der Waals surface area contributed by atoms with E-state index in [1.54, 1.807) is 6.26 Å². The van der Waals surface area contributed by atoms with Gasteiger partial charge in [0.2, 0.25) is 5.95 Å². The van der Waals surface area contributed by atoms with Gasteiger partial charge in [-0.05, 0) is 13.3 Å². The lowest BCUT2D eigenvalue weighted by molar-refractivity contribution is 0.685. The van der Waals surface area contributed by atoms with E-state index in [4.69, 9.17) is 5.84 Å². The zero-order chi connectivity index (χ0) is 12.0. The number of nitrogens with two attached hydrogens (primary N) is 1. The molecule has 90 valence electrons. The average molecular weight is 243 g/mol. The molecule has 0 aliphatic heterocycles. The first-order chi connectivity index (χ1) is 7.61. The summed E-state index contributed by atoms with van der Waals surface area (Å²) in [6, 6.07) is 1.84. The first-order valence-electron chi connectivity index (χ1n) is 4.98. The molecule has 1 aromatic rings. The van der Waals surface area contributed by atoms with Crippen molar-refractivity contribution in [1.29, 1.82) is 0 Å². The van der Waals surface area contributed by atoms with Crippen LogP contribution in [0.5, 0.6) is 0 Å². The van der Waals surface area contributed by atoms with Gasteiger partial charge in [0.1, 0.15) is 5.82 Å². The standard InChI is InChI=1S/C9H17N5OS/c1-7-6-8(13-9(12-7)14-10)11-4-3-5-16(2)15/h6H,3-5,10H2,1-2H3,(H2,11,12,13,14). The van der Waals surface area contributed by atoms with Crippen LogP contribution in [-0.2, 0) is 10.8 Å². The molecule has 1 aromatic heterocycles. The third-order valence-electron chi connectivity index (χ3n) is 1.90. The molecule has 1 atom stereocenters. The van der Waals surface area contributed by atoms with E-state index < -0.39 is 10.8 Å². The van der Waals surface area contributed by atoms with Gasteiger partial charge in [0.15, 0.2) is 0 Å². The minimum Gasteiger partial charge on any atom is -0.370 e. The number of nitrogens with one attached hydrogen (secondary N) is 2. The predicted octanol–water partition coefficient (Wildman–Crippen LogP) is 0.251. The fourth-order valence-electron chi connectivity index (χ4n) is 1.22. The molecular weight excluding hydrogens is 226 g/mol. The van der Waals surface area contributed by atoms with E-state index in [2.05, 4.69) is 20.7 Å². The van der Waals surface area contributed by atoms with Crippen molar-refractivity contribution in [3.05, 3.63) is 11.8 Å². The summed E-state index contributed by atoms with van der Waals surface area (Å²) >= 11 is 0. The summed E-state index contributed by atoms with van der Waals surface area (Å²) in [5, 5.41) is 3.13. The van der Waals surface area contributed by atoms with E-state index in [9.17, 15) is 4.21 Å². The Morgan fingerprint density at radius 1 is 1.50 bits per heavy atom. The third-order valence-corrected chi connectivity index (χ3v) is 2.76. The number of nitrogen functional groups attached to an aromatic ring is 1. The van der Waals surface area contributed by atoms with Gasteiger partial charge in [0, 0.05) is 41.1 Å². The van der Waals surface area contributed by atoms with Gasteiger partial charge in [-0.15, -0.1) is 0 Å².